The van der Waals surface area contributed by atoms with E-state index < -0.39 is 0 Å². The lowest BCUT2D eigenvalue weighted by atomic mass is 10.0. The van der Waals surface area contributed by atoms with Crippen LogP contribution in [0.25, 0.3) is 0 Å². The molecular weight excluding hydrogens is 258 g/mol. The molecule has 1 aliphatic rings. The van der Waals surface area contributed by atoms with Crippen LogP contribution < -0.4 is 10.1 Å². The molecule has 1 saturated carbocycles. The van der Waals surface area contributed by atoms with Crippen molar-refractivity contribution in [3.63, 3.8) is 0 Å². The molecule has 0 saturated heterocycles. The van der Waals surface area contributed by atoms with Gasteiger partial charge in [-0.2, -0.15) is 0 Å². The van der Waals surface area contributed by atoms with E-state index in [9.17, 15) is 0 Å². The Labute approximate surface area is 127 Å². The van der Waals surface area contributed by atoms with Gasteiger partial charge in [0.1, 0.15) is 5.75 Å². The lowest BCUT2D eigenvalue weighted by molar-refractivity contribution is 0.317. The van der Waals surface area contributed by atoms with Crippen LogP contribution in [0.4, 0.5) is 5.69 Å². The molecule has 0 heterocycles. The van der Waals surface area contributed by atoms with Crippen LogP contribution in [0.2, 0.25) is 0 Å². The van der Waals surface area contributed by atoms with E-state index in [-0.39, 0.29) is 0 Å². The number of hydrogen-bond acceptors (Lipinski definition) is 2. The van der Waals surface area contributed by atoms with Gasteiger partial charge in [0, 0.05) is 12.2 Å². The normalized spacial score (nSPS) is 14.0. The minimum absolute atomic E-state index is 0.779. The topological polar surface area (TPSA) is 21.3 Å². The molecule has 0 spiro atoms. The van der Waals surface area contributed by atoms with Crippen molar-refractivity contribution in [2.75, 3.05) is 11.9 Å². The molecule has 0 atom stereocenters. The summed E-state index contributed by atoms with van der Waals surface area (Å²) in [6.45, 7) is 3.79. The van der Waals surface area contributed by atoms with Gasteiger partial charge in [0.15, 0.2) is 0 Å². The van der Waals surface area contributed by atoms with Gasteiger partial charge in [-0.3, -0.25) is 0 Å². The first-order valence-electron chi connectivity index (χ1n) is 7.91. The Morgan fingerprint density at radius 2 is 1.81 bits per heavy atom. The standard InChI is InChI=1S/C19H23NO/c1-2-13-21-18-11-9-17(10-12-18)20-14-16-5-3-4-6-19(16)15-7-8-15/h3-6,9-12,15,20H,2,7-8,13-14H2,1H3. The van der Waals surface area contributed by atoms with Crippen LogP contribution >= 0.6 is 0 Å². The first kappa shape index (κ1) is 14.0. The maximum Gasteiger partial charge on any atom is 0.119 e. The fraction of sp³-hybridized carbons (Fsp3) is 0.368. The molecule has 21 heavy (non-hydrogen) atoms. The molecule has 0 radical (unpaired) electrons. The van der Waals surface area contributed by atoms with Crippen molar-refractivity contribution >= 4 is 5.69 Å². The van der Waals surface area contributed by atoms with Gasteiger partial charge in [-0.25, -0.2) is 0 Å². The smallest absolute Gasteiger partial charge is 0.119 e. The molecule has 3 rings (SSSR count). The minimum atomic E-state index is 0.779. The third-order valence-corrected chi connectivity index (χ3v) is 3.88. The van der Waals surface area contributed by atoms with Crippen LogP contribution in [-0.4, -0.2) is 6.61 Å². The van der Waals surface area contributed by atoms with Crippen LogP contribution in [0.1, 0.15) is 43.2 Å². The van der Waals surface area contributed by atoms with Crippen LogP contribution in [-0.2, 0) is 6.54 Å². The van der Waals surface area contributed by atoms with Gasteiger partial charge in [-0.15, -0.1) is 0 Å². The zero-order chi connectivity index (χ0) is 14.5. The predicted octanol–water partition coefficient (Wildman–Crippen LogP) is 4.96. The van der Waals surface area contributed by atoms with Gasteiger partial charge in [-0.1, -0.05) is 31.2 Å². The van der Waals surface area contributed by atoms with E-state index in [4.69, 9.17) is 4.74 Å². The summed E-state index contributed by atoms with van der Waals surface area (Å²) in [5.74, 6) is 1.74. The number of anilines is 1. The number of ether oxygens (including phenoxy) is 1. The Morgan fingerprint density at radius 1 is 1.05 bits per heavy atom. The maximum absolute atomic E-state index is 5.60. The van der Waals surface area contributed by atoms with Crippen molar-refractivity contribution in [3.8, 4) is 5.75 Å². The number of rotatable bonds is 7. The van der Waals surface area contributed by atoms with E-state index in [2.05, 4.69) is 48.6 Å². The Hall–Kier alpha value is -1.96. The molecule has 0 amide bonds. The number of nitrogens with one attached hydrogen (secondary N) is 1. The fourth-order valence-electron chi connectivity index (χ4n) is 2.57. The van der Waals surface area contributed by atoms with Crippen molar-refractivity contribution in [1.82, 2.24) is 0 Å². The summed E-state index contributed by atoms with van der Waals surface area (Å²) < 4.78 is 5.60. The molecule has 0 bridgehead atoms. The van der Waals surface area contributed by atoms with E-state index in [0.717, 1.165) is 36.9 Å². The van der Waals surface area contributed by atoms with Gasteiger partial charge in [-0.05, 0) is 60.6 Å². The fourth-order valence-corrected chi connectivity index (χ4v) is 2.57. The van der Waals surface area contributed by atoms with E-state index in [1.54, 1.807) is 0 Å². The van der Waals surface area contributed by atoms with Gasteiger partial charge in [0.05, 0.1) is 6.61 Å². The largest absolute Gasteiger partial charge is 0.494 e. The highest BCUT2D eigenvalue weighted by Crippen LogP contribution is 2.41. The third-order valence-electron chi connectivity index (χ3n) is 3.88. The molecule has 1 N–H and O–H groups in total. The van der Waals surface area contributed by atoms with E-state index >= 15 is 0 Å². The molecule has 2 aromatic rings. The molecule has 0 aliphatic heterocycles. The van der Waals surface area contributed by atoms with E-state index in [1.807, 2.05) is 12.1 Å². The van der Waals surface area contributed by atoms with E-state index in [1.165, 1.54) is 24.0 Å². The lowest BCUT2D eigenvalue weighted by Crippen LogP contribution is -2.02. The molecule has 2 nitrogen and oxygen atoms in total. The summed E-state index contributed by atoms with van der Waals surface area (Å²) in [6, 6.07) is 17.0. The van der Waals surface area contributed by atoms with Crippen LogP contribution in [0.15, 0.2) is 48.5 Å². The summed E-state index contributed by atoms with van der Waals surface area (Å²) in [4.78, 5) is 0. The minimum Gasteiger partial charge on any atom is -0.494 e. The second-order valence-corrected chi connectivity index (χ2v) is 5.70. The highest BCUT2D eigenvalue weighted by Gasteiger charge is 2.25. The average Bonchev–Trinajstić information content (AvgIpc) is 3.37. The van der Waals surface area contributed by atoms with Crippen molar-refractivity contribution in [1.29, 1.82) is 0 Å². The Kier molecular flexibility index (Phi) is 4.44. The zero-order valence-corrected chi connectivity index (χ0v) is 12.6. The second-order valence-electron chi connectivity index (χ2n) is 5.70. The summed E-state index contributed by atoms with van der Waals surface area (Å²) in [5.41, 5.74) is 4.09. The van der Waals surface area contributed by atoms with Gasteiger partial charge in [0.2, 0.25) is 0 Å². The third kappa shape index (κ3) is 3.78. The van der Waals surface area contributed by atoms with Gasteiger partial charge >= 0.3 is 0 Å². The number of benzene rings is 2. The van der Waals surface area contributed by atoms with Crippen molar-refractivity contribution in [3.05, 3.63) is 59.7 Å². The predicted molar refractivity (Wildman–Crippen MR) is 88.0 cm³/mol. The summed E-state index contributed by atoms with van der Waals surface area (Å²) in [6.07, 6.45) is 3.74. The van der Waals surface area contributed by atoms with Crippen LogP contribution in [0, 0.1) is 0 Å². The van der Waals surface area contributed by atoms with Crippen molar-refractivity contribution in [2.45, 2.75) is 38.6 Å². The van der Waals surface area contributed by atoms with Crippen LogP contribution in [0.3, 0.4) is 0 Å². The van der Waals surface area contributed by atoms with Gasteiger partial charge < -0.3 is 10.1 Å². The summed E-state index contributed by atoms with van der Waals surface area (Å²) in [7, 11) is 0. The second kappa shape index (κ2) is 6.66. The average molecular weight is 281 g/mol. The Bertz CT molecular complexity index is 572. The Balaban J connectivity index is 1.60. The molecular formula is C19H23NO. The first-order valence-corrected chi connectivity index (χ1v) is 7.91. The highest BCUT2D eigenvalue weighted by molar-refractivity contribution is 5.47. The monoisotopic (exact) mass is 281 g/mol. The van der Waals surface area contributed by atoms with Crippen molar-refractivity contribution < 1.29 is 4.74 Å². The summed E-state index contributed by atoms with van der Waals surface area (Å²) >= 11 is 0. The molecule has 2 heteroatoms. The van der Waals surface area contributed by atoms with Gasteiger partial charge in [0.25, 0.3) is 0 Å². The lowest BCUT2D eigenvalue weighted by Gasteiger charge is -2.11. The van der Waals surface area contributed by atoms with E-state index in [0.29, 0.717) is 0 Å². The quantitative estimate of drug-likeness (QED) is 0.774. The molecule has 0 aromatic heterocycles. The summed E-state index contributed by atoms with van der Waals surface area (Å²) in [5, 5.41) is 3.51. The molecule has 0 unspecified atom stereocenters. The first-order chi connectivity index (χ1) is 10.4. The molecule has 1 aliphatic carbocycles. The van der Waals surface area contributed by atoms with Crippen molar-refractivity contribution in [2.24, 2.45) is 0 Å². The molecule has 1 fully saturated rings. The zero-order valence-electron chi connectivity index (χ0n) is 12.6. The maximum atomic E-state index is 5.60. The molecule has 2 aromatic carbocycles. The SMILES string of the molecule is CCCOc1ccc(NCc2ccccc2C2CC2)cc1. The highest BCUT2D eigenvalue weighted by atomic mass is 16.5. The Morgan fingerprint density at radius 3 is 2.52 bits per heavy atom. The van der Waals surface area contributed by atoms with Crippen LogP contribution in [0.5, 0.6) is 5.75 Å². The molecule has 110 valence electrons. The number of hydrogen-bond donors (Lipinski definition) is 1.